The largest absolute Gasteiger partial charge is 0.338 e. The standard InChI is InChI=1S/C22H29N5O/c1-17-6-8-19(9-7-17)22(11-4-5-12-22)21-24-20(28-25-21)16-26(2)13-10-18-14-23-27(3)15-18/h6-9,14-15H,4-5,10-13,16H2,1-3H3. The van der Waals surface area contributed by atoms with Crippen molar-refractivity contribution >= 4 is 0 Å². The molecule has 0 radical (unpaired) electrons. The molecule has 0 bridgehead atoms. The second-order valence-corrected chi connectivity index (χ2v) is 8.18. The molecule has 1 aromatic carbocycles. The summed E-state index contributed by atoms with van der Waals surface area (Å²) in [4.78, 5) is 7.05. The first kappa shape index (κ1) is 18.9. The highest BCUT2D eigenvalue weighted by molar-refractivity contribution is 5.35. The van der Waals surface area contributed by atoms with E-state index < -0.39 is 0 Å². The minimum absolute atomic E-state index is 0.0935. The summed E-state index contributed by atoms with van der Waals surface area (Å²) in [6, 6.07) is 8.83. The van der Waals surface area contributed by atoms with Crippen LogP contribution in [-0.2, 0) is 25.4 Å². The summed E-state index contributed by atoms with van der Waals surface area (Å²) >= 11 is 0. The molecule has 0 unspecified atom stereocenters. The van der Waals surface area contributed by atoms with Crippen LogP contribution in [0.4, 0.5) is 0 Å². The van der Waals surface area contributed by atoms with Gasteiger partial charge in [0, 0.05) is 19.8 Å². The number of hydrogen-bond donors (Lipinski definition) is 0. The van der Waals surface area contributed by atoms with Gasteiger partial charge < -0.3 is 4.52 Å². The molecule has 2 aromatic heterocycles. The van der Waals surface area contributed by atoms with Gasteiger partial charge in [0.15, 0.2) is 5.82 Å². The zero-order valence-corrected chi connectivity index (χ0v) is 17.1. The van der Waals surface area contributed by atoms with Crippen molar-refractivity contribution in [2.45, 2.75) is 51.0 Å². The first-order chi connectivity index (χ1) is 13.5. The smallest absolute Gasteiger partial charge is 0.240 e. The molecule has 4 rings (SSSR count). The Labute approximate surface area is 166 Å². The lowest BCUT2D eigenvalue weighted by atomic mass is 9.78. The molecule has 0 N–H and O–H groups in total. The van der Waals surface area contributed by atoms with Crippen LogP contribution in [0.25, 0.3) is 0 Å². The Morgan fingerprint density at radius 2 is 1.93 bits per heavy atom. The van der Waals surface area contributed by atoms with Gasteiger partial charge in [-0.1, -0.05) is 47.8 Å². The van der Waals surface area contributed by atoms with E-state index in [1.54, 1.807) is 0 Å². The summed E-state index contributed by atoms with van der Waals surface area (Å²) in [5.41, 5.74) is 3.74. The van der Waals surface area contributed by atoms with Crippen molar-refractivity contribution in [2.75, 3.05) is 13.6 Å². The van der Waals surface area contributed by atoms with Gasteiger partial charge in [-0.25, -0.2) is 0 Å². The molecule has 1 fully saturated rings. The zero-order valence-electron chi connectivity index (χ0n) is 17.1. The third kappa shape index (κ3) is 3.87. The number of rotatable bonds is 7. The highest BCUT2D eigenvalue weighted by Crippen LogP contribution is 2.45. The average molecular weight is 380 g/mol. The predicted octanol–water partition coefficient (Wildman–Crippen LogP) is 3.65. The molecule has 6 nitrogen and oxygen atoms in total. The minimum Gasteiger partial charge on any atom is -0.338 e. The highest BCUT2D eigenvalue weighted by atomic mass is 16.5. The van der Waals surface area contributed by atoms with Gasteiger partial charge >= 0.3 is 0 Å². The van der Waals surface area contributed by atoms with Crippen LogP contribution in [-0.4, -0.2) is 38.4 Å². The molecule has 148 valence electrons. The van der Waals surface area contributed by atoms with Crippen LogP contribution in [0.2, 0.25) is 0 Å². The lowest BCUT2D eigenvalue weighted by Gasteiger charge is -2.26. The second-order valence-electron chi connectivity index (χ2n) is 8.18. The highest BCUT2D eigenvalue weighted by Gasteiger charge is 2.41. The maximum atomic E-state index is 5.65. The van der Waals surface area contributed by atoms with Gasteiger partial charge in [-0.15, -0.1) is 0 Å². The fourth-order valence-corrected chi connectivity index (χ4v) is 4.24. The Kier molecular flexibility index (Phi) is 5.31. The maximum absolute atomic E-state index is 5.65. The summed E-state index contributed by atoms with van der Waals surface area (Å²) in [5, 5.41) is 8.64. The first-order valence-corrected chi connectivity index (χ1v) is 10.1. The van der Waals surface area contributed by atoms with Gasteiger partial charge in [0.25, 0.3) is 0 Å². The summed E-state index contributed by atoms with van der Waals surface area (Å²) < 4.78 is 7.49. The molecule has 1 aliphatic carbocycles. The Morgan fingerprint density at radius 1 is 1.18 bits per heavy atom. The van der Waals surface area contributed by atoms with Crippen molar-refractivity contribution in [3.8, 4) is 0 Å². The molecule has 28 heavy (non-hydrogen) atoms. The monoisotopic (exact) mass is 379 g/mol. The lowest BCUT2D eigenvalue weighted by Crippen LogP contribution is -2.26. The van der Waals surface area contributed by atoms with Crippen LogP contribution in [0, 0.1) is 6.92 Å². The minimum atomic E-state index is -0.0935. The van der Waals surface area contributed by atoms with Crippen LogP contribution in [0.15, 0.2) is 41.2 Å². The van der Waals surface area contributed by atoms with Gasteiger partial charge in [-0.2, -0.15) is 10.1 Å². The molecular weight excluding hydrogens is 350 g/mol. The van der Waals surface area contributed by atoms with Crippen LogP contribution < -0.4 is 0 Å². The predicted molar refractivity (Wildman–Crippen MR) is 108 cm³/mol. The van der Waals surface area contributed by atoms with Crippen molar-refractivity contribution in [2.24, 2.45) is 7.05 Å². The average Bonchev–Trinajstić information content (AvgIpc) is 3.42. The van der Waals surface area contributed by atoms with Gasteiger partial charge in [-0.05, 0) is 44.4 Å². The molecule has 1 saturated carbocycles. The fourth-order valence-electron chi connectivity index (χ4n) is 4.24. The normalized spacial score (nSPS) is 16.1. The summed E-state index contributed by atoms with van der Waals surface area (Å²) in [5.74, 6) is 1.55. The molecule has 0 aliphatic heterocycles. The van der Waals surface area contributed by atoms with Gasteiger partial charge in [0.05, 0.1) is 18.2 Å². The number of benzene rings is 1. The van der Waals surface area contributed by atoms with Crippen molar-refractivity contribution in [1.82, 2.24) is 24.8 Å². The molecule has 1 aliphatic rings. The lowest BCUT2D eigenvalue weighted by molar-refractivity contribution is 0.267. The van der Waals surface area contributed by atoms with E-state index in [-0.39, 0.29) is 5.41 Å². The summed E-state index contributed by atoms with van der Waals surface area (Å²) in [6.45, 7) is 3.71. The quantitative estimate of drug-likeness (QED) is 0.627. The SMILES string of the molecule is Cc1ccc(C2(c3noc(CN(C)CCc4cnn(C)c4)n3)CCCC2)cc1. The zero-order chi connectivity index (χ0) is 19.6. The van der Waals surface area contributed by atoms with Crippen molar-refractivity contribution in [3.63, 3.8) is 0 Å². The first-order valence-electron chi connectivity index (χ1n) is 10.1. The third-order valence-corrected chi connectivity index (χ3v) is 5.90. The second kappa shape index (κ2) is 7.87. The Balaban J connectivity index is 1.45. The molecule has 6 heteroatoms. The Morgan fingerprint density at radius 3 is 2.61 bits per heavy atom. The number of nitrogens with zero attached hydrogens (tertiary/aromatic N) is 5. The Hall–Kier alpha value is -2.47. The van der Waals surface area contributed by atoms with E-state index in [9.17, 15) is 0 Å². The van der Waals surface area contributed by atoms with Gasteiger partial charge in [0.2, 0.25) is 5.89 Å². The number of likely N-dealkylation sites (N-methyl/N-ethyl adjacent to an activating group) is 1. The molecule has 3 aromatic rings. The number of hydrogen-bond acceptors (Lipinski definition) is 5. The molecular formula is C22H29N5O. The van der Waals surface area contributed by atoms with Crippen LogP contribution >= 0.6 is 0 Å². The fraction of sp³-hybridized carbons (Fsp3) is 0.500. The van der Waals surface area contributed by atoms with E-state index in [2.05, 4.69) is 59.6 Å². The van der Waals surface area contributed by atoms with E-state index in [1.165, 1.54) is 29.5 Å². The third-order valence-electron chi connectivity index (χ3n) is 5.90. The maximum Gasteiger partial charge on any atom is 0.240 e. The van der Waals surface area contributed by atoms with Gasteiger partial charge in [0.1, 0.15) is 0 Å². The molecule has 0 atom stereocenters. The van der Waals surface area contributed by atoms with Crippen LogP contribution in [0.5, 0.6) is 0 Å². The van der Waals surface area contributed by atoms with E-state index >= 15 is 0 Å². The topological polar surface area (TPSA) is 60.0 Å². The van der Waals surface area contributed by atoms with E-state index in [0.717, 1.165) is 31.6 Å². The van der Waals surface area contributed by atoms with Crippen LogP contribution in [0.3, 0.4) is 0 Å². The van der Waals surface area contributed by atoms with Crippen molar-refractivity contribution < 1.29 is 4.52 Å². The Bertz CT molecular complexity index is 905. The number of aryl methyl sites for hydroxylation is 2. The van der Waals surface area contributed by atoms with E-state index in [0.29, 0.717) is 12.4 Å². The summed E-state index contributed by atoms with van der Waals surface area (Å²) in [7, 11) is 4.03. The molecule has 0 spiro atoms. The summed E-state index contributed by atoms with van der Waals surface area (Å²) in [6.07, 6.45) is 9.54. The molecule has 0 amide bonds. The van der Waals surface area contributed by atoms with Crippen molar-refractivity contribution in [1.29, 1.82) is 0 Å². The number of aromatic nitrogens is 4. The van der Waals surface area contributed by atoms with Crippen molar-refractivity contribution in [3.05, 3.63) is 65.1 Å². The van der Waals surface area contributed by atoms with Gasteiger partial charge in [-0.3, -0.25) is 9.58 Å². The van der Waals surface area contributed by atoms with E-state index in [4.69, 9.17) is 9.51 Å². The molecule has 2 heterocycles. The van der Waals surface area contributed by atoms with E-state index in [1.807, 2.05) is 17.9 Å². The molecule has 0 saturated heterocycles. The van der Waals surface area contributed by atoms with Crippen LogP contribution in [0.1, 0.15) is 54.1 Å².